The van der Waals surface area contributed by atoms with Gasteiger partial charge in [0.15, 0.2) is 5.69 Å². The number of amides is 1. The number of alkyl halides is 3. The van der Waals surface area contributed by atoms with E-state index >= 15 is 0 Å². The van der Waals surface area contributed by atoms with Gasteiger partial charge in [-0.3, -0.25) is 4.79 Å². The number of carbonyl (C=O) groups excluding carboxylic acids is 1. The number of rotatable bonds is 6. The van der Waals surface area contributed by atoms with Gasteiger partial charge < -0.3 is 24.9 Å². The van der Waals surface area contributed by atoms with Crippen molar-refractivity contribution in [2.45, 2.75) is 20.0 Å². The molecule has 0 radical (unpaired) electrons. The number of pyridine rings is 1. The minimum Gasteiger partial charge on any atom is -0.417 e. The van der Waals surface area contributed by atoms with Crippen molar-refractivity contribution in [1.29, 1.82) is 0 Å². The van der Waals surface area contributed by atoms with E-state index in [0.717, 1.165) is 32.0 Å². The van der Waals surface area contributed by atoms with Gasteiger partial charge in [-0.05, 0) is 26.0 Å². The van der Waals surface area contributed by atoms with Gasteiger partial charge in [-0.2, -0.15) is 18.2 Å². The molecule has 1 fully saturated rings. The highest BCUT2D eigenvalue weighted by atomic mass is 19.4. The minimum absolute atomic E-state index is 0.236. The van der Waals surface area contributed by atoms with Crippen LogP contribution in [0.25, 0.3) is 0 Å². The fraction of sp³-hybridized carbons (Fsp3) is 0.500. The fourth-order valence-electron chi connectivity index (χ4n) is 3.01. The molecule has 2 N–H and O–H groups in total. The maximum atomic E-state index is 13.3. The molecule has 3 heterocycles. The number of nitrogens with one attached hydrogen (secondary N) is 2. The van der Waals surface area contributed by atoms with Crippen LogP contribution in [0.3, 0.4) is 0 Å². The number of hydrogen-bond acceptors (Lipinski definition) is 7. The predicted molar refractivity (Wildman–Crippen MR) is 102 cm³/mol. The number of aromatic nitrogens is 2. The Morgan fingerprint density at radius 3 is 2.52 bits per heavy atom. The number of halogens is 3. The van der Waals surface area contributed by atoms with E-state index < -0.39 is 23.5 Å². The zero-order chi connectivity index (χ0) is 21.0. The first-order valence-electron chi connectivity index (χ1n) is 9.39. The van der Waals surface area contributed by atoms with Crippen molar-refractivity contribution < 1.29 is 22.4 Å². The molecule has 2 aromatic heterocycles. The molecule has 0 unspecified atom stereocenters. The van der Waals surface area contributed by atoms with E-state index in [1.165, 1.54) is 11.1 Å². The second-order valence-electron chi connectivity index (χ2n) is 6.44. The zero-order valence-electron chi connectivity index (χ0n) is 16.2. The van der Waals surface area contributed by atoms with Gasteiger partial charge in [-0.15, -0.1) is 0 Å². The van der Waals surface area contributed by atoms with Crippen molar-refractivity contribution in [3.05, 3.63) is 29.8 Å². The van der Waals surface area contributed by atoms with Crippen LogP contribution in [0.15, 0.2) is 22.7 Å². The maximum absolute atomic E-state index is 13.3. The molecular weight excluding hydrogens is 389 g/mol. The number of hydrogen-bond donors (Lipinski definition) is 2. The summed E-state index contributed by atoms with van der Waals surface area (Å²) in [6, 6.07) is 3.07. The molecule has 0 bridgehead atoms. The average Bonchev–Trinajstić information content (AvgIpc) is 3.16. The van der Waals surface area contributed by atoms with Gasteiger partial charge in [0.05, 0.1) is 11.9 Å². The standard InChI is InChI=1S/C18H23F3N6O2/c1-3-26(4-2)17-25-15(18(19,20)21)14(29-17)16(28)24-12-5-6-13(23-11-12)27-9-7-22-8-10-27/h5-6,11,22H,3-4,7-10H2,1-2H3,(H,24,28). The largest absolute Gasteiger partial charge is 0.437 e. The molecule has 0 aliphatic carbocycles. The van der Waals surface area contributed by atoms with Gasteiger partial charge in [-0.1, -0.05) is 0 Å². The van der Waals surface area contributed by atoms with Gasteiger partial charge in [0.1, 0.15) is 5.82 Å². The summed E-state index contributed by atoms with van der Waals surface area (Å²) in [7, 11) is 0. The second kappa shape index (κ2) is 8.68. The normalized spacial score (nSPS) is 14.7. The molecule has 1 saturated heterocycles. The summed E-state index contributed by atoms with van der Waals surface area (Å²) < 4.78 is 45.2. The summed E-state index contributed by atoms with van der Waals surface area (Å²) in [6.45, 7) is 7.61. The molecule has 11 heteroatoms. The number of carbonyl (C=O) groups is 1. The topological polar surface area (TPSA) is 86.5 Å². The summed E-state index contributed by atoms with van der Waals surface area (Å²) in [6.07, 6.45) is -3.41. The average molecular weight is 412 g/mol. The number of oxazole rings is 1. The zero-order valence-corrected chi connectivity index (χ0v) is 16.2. The summed E-state index contributed by atoms with van der Waals surface area (Å²) >= 11 is 0. The Kier molecular flexibility index (Phi) is 6.26. The van der Waals surface area contributed by atoms with E-state index in [9.17, 15) is 18.0 Å². The van der Waals surface area contributed by atoms with Crippen molar-refractivity contribution in [3.8, 4) is 0 Å². The lowest BCUT2D eigenvalue weighted by atomic mass is 10.3. The predicted octanol–water partition coefficient (Wildman–Crippen LogP) is 2.60. The molecular formula is C18H23F3N6O2. The highest BCUT2D eigenvalue weighted by Crippen LogP contribution is 2.34. The van der Waals surface area contributed by atoms with E-state index in [2.05, 4.69) is 25.5 Å². The van der Waals surface area contributed by atoms with Gasteiger partial charge in [0, 0.05) is 39.3 Å². The first kappa shape index (κ1) is 20.9. The van der Waals surface area contributed by atoms with Gasteiger partial charge in [0.25, 0.3) is 11.9 Å². The van der Waals surface area contributed by atoms with Crippen LogP contribution in [-0.4, -0.2) is 55.1 Å². The Morgan fingerprint density at radius 1 is 1.28 bits per heavy atom. The van der Waals surface area contributed by atoms with Crippen LogP contribution in [0.1, 0.15) is 30.1 Å². The highest BCUT2D eigenvalue weighted by Gasteiger charge is 2.41. The van der Waals surface area contributed by atoms with Crippen LogP contribution in [-0.2, 0) is 6.18 Å². The van der Waals surface area contributed by atoms with Crippen LogP contribution in [0.2, 0.25) is 0 Å². The second-order valence-corrected chi connectivity index (χ2v) is 6.44. The first-order valence-corrected chi connectivity index (χ1v) is 9.39. The number of anilines is 3. The van der Waals surface area contributed by atoms with Gasteiger partial charge >= 0.3 is 6.18 Å². The molecule has 158 valence electrons. The van der Waals surface area contributed by atoms with Crippen molar-refractivity contribution in [2.24, 2.45) is 0 Å². The third-order valence-electron chi connectivity index (χ3n) is 4.57. The molecule has 29 heavy (non-hydrogen) atoms. The molecule has 1 aliphatic rings. The Labute approximate surface area is 166 Å². The van der Waals surface area contributed by atoms with Gasteiger partial charge in [-0.25, -0.2) is 4.98 Å². The lowest BCUT2D eigenvalue weighted by Gasteiger charge is -2.28. The molecule has 3 rings (SSSR count). The van der Waals surface area contributed by atoms with E-state index in [0.29, 0.717) is 13.1 Å². The lowest BCUT2D eigenvalue weighted by molar-refractivity contribution is -0.141. The van der Waals surface area contributed by atoms with E-state index in [1.54, 1.807) is 26.0 Å². The SMILES string of the molecule is CCN(CC)c1nc(C(F)(F)F)c(C(=O)Nc2ccc(N3CCNCC3)nc2)o1. The Balaban J connectivity index is 1.79. The van der Waals surface area contributed by atoms with Crippen molar-refractivity contribution >= 4 is 23.4 Å². The monoisotopic (exact) mass is 412 g/mol. The Bertz CT molecular complexity index is 827. The van der Waals surface area contributed by atoms with E-state index in [1.807, 2.05) is 0 Å². The molecule has 2 aromatic rings. The molecule has 0 aromatic carbocycles. The molecule has 0 spiro atoms. The van der Waals surface area contributed by atoms with Crippen molar-refractivity contribution in [3.63, 3.8) is 0 Å². The van der Waals surface area contributed by atoms with E-state index in [4.69, 9.17) is 4.42 Å². The summed E-state index contributed by atoms with van der Waals surface area (Å²) in [5.41, 5.74) is -1.08. The van der Waals surface area contributed by atoms with E-state index in [-0.39, 0.29) is 11.7 Å². The number of piperazine rings is 1. The third kappa shape index (κ3) is 4.78. The van der Waals surface area contributed by atoms with Crippen LogP contribution >= 0.6 is 0 Å². The summed E-state index contributed by atoms with van der Waals surface area (Å²) in [4.78, 5) is 23.8. The van der Waals surface area contributed by atoms with Crippen molar-refractivity contribution in [2.75, 3.05) is 54.4 Å². The van der Waals surface area contributed by atoms with Crippen molar-refractivity contribution in [1.82, 2.24) is 15.3 Å². The quantitative estimate of drug-likeness (QED) is 0.754. The first-order chi connectivity index (χ1) is 13.8. The Morgan fingerprint density at radius 2 is 1.97 bits per heavy atom. The molecule has 1 amide bonds. The van der Waals surface area contributed by atoms with Gasteiger partial charge in [0.2, 0.25) is 5.76 Å². The molecule has 8 nitrogen and oxygen atoms in total. The fourth-order valence-corrected chi connectivity index (χ4v) is 3.01. The third-order valence-corrected chi connectivity index (χ3v) is 4.57. The Hall–Kier alpha value is -2.82. The molecule has 0 atom stereocenters. The molecule has 0 saturated carbocycles. The number of nitrogens with zero attached hydrogens (tertiary/aromatic N) is 4. The van der Waals surface area contributed by atoms with Crippen LogP contribution in [0.5, 0.6) is 0 Å². The minimum atomic E-state index is -4.81. The maximum Gasteiger partial charge on any atom is 0.437 e. The smallest absolute Gasteiger partial charge is 0.417 e. The summed E-state index contributed by atoms with van der Waals surface area (Å²) in [5, 5.41) is 5.64. The van der Waals surface area contributed by atoms with Crippen LogP contribution < -0.4 is 20.4 Å². The van der Waals surface area contributed by atoms with Crippen LogP contribution in [0.4, 0.5) is 30.7 Å². The lowest BCUT2D eigenvalue weighted by Crippen LogP contribution is -2.43. The molecule has 1 aliphatic heterocycles. The highest BCUT2D eigenvalue weighted by molar-refractivity contribution is 6.03. The summed E-state index contributed by atoms with van der Waals surface area (Å²) in [5.74, 6) is -1.16. The van der Waals surface area contributed by atoms with Crippen LogP contribution in [0, 0.1) is 0 Å².